The highest BCUT2D eigenvalue weighted by Gasteiger charge is 2.31. The minimum atomic E-state index is -0.978. The van der Waals surface area contributed by atoms with Gasteiger partial charge in [-0.15, -0.1) is 0 Å². The molecule has 2 aromatic rings. The molecule has 2 aromatic carbocycles. The molecule has 0 saturated carbocycles. The van der Waals surface area contributed by atoms with E-state index < -0.39 is 12.1 Å². The topological polar surface area (TPSA) is 65.1 Å². The summed E-state index contributed by atoms with van der Waals surface area (Å²) in [5.74, 6) is 0.155. The van der Waals surface area contributed by atoms with Gasteiger partial charge in [0.2, 0.25) is 6.10 Å². The number of hydrogen-bond donors (Lipinski definition) is 0. The summed E-state index contributed by atoms with van der Waals surface area (Å²) in [5, 5.41) is 0. The van der Waals surface area contributed by atoms with Crippen LogP contribution >= 0.6 is 0 Å². The van der Waals surface area contributed by atoms with Crippen LogP contribution in [0.15, 0.2) is 48.5 Å². The molecule has 3 rings (SSSR count). The second kappa shape index (κ2) is 8.58. The molecule has 1 fully saturated rings. The van der Waals surface area contributed by atoms with E-state index in [1.165, 1.54) is 14.2 Å². The average Bonchev–Trinajstić information content (AvgIpc) is 3.26. The Morgan fingerprint density at radius 3 is 2.07 bits per heavy atom. The highest BCUT2D eigenvalue weighted by molar-refractivity contribution is 5.93. The zero-order valence-corrected chi connectivity index (χ0v) is 15.5. The maximum Gasteiger partial charge on any atom is 0.339 e. The molecule has 1 heterocycles. The number of ether oxygens (including phenoxy) is 3. The number of hydrogen-bond acceptors (Lipinski definition) is 5. The molecule has 1 aliphatic heterocycles. The first-order valence-electron chi connectivity index (χ1n) is 8.90. The summed E-state index contributed by atoms with van der Waals surface area (Å²) in [6.45, 7) is 1.37. The summed E-state index contributed by atoms with van der Waals surface area (Å²) in [6.07, 6.45) is 0.955. The molecule has 6 heteroatoms. The summed E-state index contributed by atoms with van der Waals surface area (Å²) in [6, 6.07) is 13.9. The smallest absolute Gasteiger partial charge is 0.339 e. The second-order valence-electron chi connectivity index (χ2n) is 6.33. The molecule has 0 aromatic heterocycles. The number of carbonyl (C=O) groups is 2. The number of rotatable bonds is 6. The van der Waals surface area contributed by atoms with Crippen molar-refractivity contribution in [2.24, 2.45) is 0 Å². The van der Waals surface area contributed by atoms with E-state index in [2.05, 4.69) is 0 Å². The summed E-state index contributed by atoms with van der Waals surface area (Å²) < 4.78 is 16.1. The van der Waals surface area contributed by atoms with Crippen molar-refractivity contribution in [3.8, 4) is 11.5 Å². The summed E-state index contributed by atoms with van der Waals surface area (Å²) in [7, 11) is 3.01. The zero-order valence-electron chi connectivity index (χ0n) is 15.5. The van der Waals surface area contributed by atoms with E-state index >= 15 is 0 Å². The highest BCUT2D eigenvalue weighted by atomic mass is 16.5. The largest absolute Gasteiger partial charge is 0.497 e. The van der Waals surface area contributed by atoms with Gasteiger partial charge < -0.3 is 19.1 Å². The highest BCUT2D eigenvalue weighted by Crippen LogP contribution is 2.27. The van der Waals surface area contributed by atoms with Crippen molar-refractivity contribution >= 4 is 11.9 Å². The number of carbonyl (C=O) groups excluding carboxylic acids is 2. The summed E-state index contributed by atoms with van der Waals surface area (Å²) in [4.78, 5) is 27.5. The lowest BCUT2D eigenvalue weighted by Crippen LogP contribution is -2.34. The van der Waals surface area contributed by atoms with Crippen molar-refractivity contribution in [1.29, 1.82) is 0 Å². The fourth-order valence-corrected chi connectivity index (χ4v) is 3.09. The number of likely N-dealkylation sites (tertiary alicyclic amines) is 1. The molecule has 1 atom stereocenters. The number of amides is 1. The molecular formula is C21H23NO5. The molecule has 1 saturated heterocycles. The summed E-state index contributed by atoms with van der Waals surface area (Å²) >= 11 is 0. The molecule has 1 aliphatic rings. The fraction of sp³-hybridized carbons (Fsp3) is 0.333. The Labute approximate surface area is 158 Å². The van der Waals surface area contributed by atoms with Crippen LogP contribution in [0.5, 0.6) is 11.5 Å². The van der Waals surface area contributed by atoms with E-state index in [1.54, 1.807) is 35.2 Å². The predicted molar refractivity (Wildman–Crippen MR) is 100.0 cm³/mol. The maximum atomic E-state index is 13.0. The van der Waals surface area contributed by atoms with Crippen LogP contribution < -0.4 is 9.47 Å². The molecule has 0 radical (unpaired) electrons. The van der Waals surface area contributed by atoms with E-state index in [4.69, 9.17) is 14.2 Å². The first-order chi connectivity index (χ1) is 13.1. The van der Waals surface area contributed by atoms with Crippen LogP contribution in [-0.2, 0) is 9.53 Å². The molecule has 0 spiro atoms. The van der Waals surface area contributed by atoms with Crippen LogP contribution in [0.4, 0.5) is 0 Å². The van der Waals surface area contributed by atoms with Gasteiger partial charge in [-0.3, -0.25) is 4.79 Å². The van der Waals surface area contributed by atoms with Crippen LogP contribution in [0.1, 0.15) is 34.9 Å². The minimum absolute atomic E-state index is 0.193. The Morgan fingerprint density at radius 2 is 1.52 bits per heavy atom. The molecule has 0 N–H and O–H groups in total. The maximum absolute atomic E-state index is 13.0. The Balaban J connectivity index is 1.87. The van der Waals surface area contributed by atoms with Crippen molar-refractivity contribution in [2.75, 3.05) is 27.3 Å². The first-order valence-corrected chi connectivity index (χ1v) is 8.90. The van der Waals surface area contributed by atoms with Crippen molar-refractivity contribution in [1.82, 2.24) is 4.90 Å². The van der Waals surface area contributed by atoms with E-state index in [0.717, 1.165) is 12.8 Å². The molecular weight excluding hydrogens is 346 g/mol. The molecule has 6 nitrogen and oxygen atoms in total. The third-order valence-electron chi connectivity index (χ3n) is 4.56. The van der Waals surface area contributed by atoms with E-state index in [0.29, 0.717) is 30.2 Å². The quantitative estimate of drug-likeness (QED) is 0.732. The van der Waals surface area contributed by atoms with Gasteiger partial charge in [-0.1, -0.05) is 30.3 Å². The van der Waals surface area contributed by atoms with Gasteiger partial charge in [0, 0.05) is 24.7 Å². The van der Waals surface area contributed by atoms with Crippen LogP contribution in [0.25, 0.3) is 0 Å². The Kier molecular flexibility index (Phi) is 5.96. The van der Waals surface area contributed by atoms with Crippen molar-refractivity contribution in [3.05, 3.63) is 59.7 Å². The van der Waals surface area contributed by atoms with Gasteiger partial charge in [-0.05, 0) is 25.0 Å². The average molecular weight is 369 g/mol. The Hall–Kier alpha value is -3.02. The third kappa shape index (κ3) is 4.39. The minimum Gasteiger partial charge on any atom is -0.497 e. The molecule has 142 valence electrons. The third-order valence-corrected chi connectivity index (χ3v) is 4.56. The van der Waals surface area contributed by atoms with Gasteiger partial charge in [0.25, 0.3) is 5.91 Å². The van der Waals surface area contributed by atoms with E-state index in [-0.39, 0.29) is 11.5 Å². The molecule has 0 bridgehead atoms. The number of methoxy groups -OCH3 is 2. The number of nitrogens with zero attached hydrogens (tertiary/aromatic N) is 1. The van der Waals surface area contributed by atoms with Gasteiger partial charge >= 0.3 is 5.97 Å². The zero-order chi connectivity index (χ0) is 19.2. The monoisotopic (exact) mass is 369 g/mol. The Bertz CT molecular complexity index is 777. The van der Waals surface area contributed by atoms with Gasteiger partial charge in [-0.25, -0.2) is 4.79 Å². The van der Waals surface area contributed by atoms with Gasteiger partial charge in [0.1, 0.15) is 11.5 Å². The van der Waals surface area contributed by atoms with Crippen molar-refractivity contribution in [2.45, 2.75) is 18.9 Å². The molecule has 27 heavy (non-hydrogen) atoms. The van der Waals surface area contributed by atoms with E-state index in [9.17, 15) is 9.59 Å². The van der Waals surface area contributed by atoms with Crippen LogP contribution in [0, 0.1) is 0 Å². The lowest BCUT2D eigenvalue weighted by Gasteiger charge is -2.23. The second-order valence-corrected chi connectivity index (χ2v) is 6.33. The summed E-state index contributed by atoms with van der Waals surface area (Å²) in [5.41, 5.74) is 0.916. The fourth-order valence-electron chi connectivity index (χ4n) is 3.09. The normalized spacial score (nSPS) is 14.5. The standard InChI is InChI=1S/C21H23NO5/c1-25-17-12-16(13-18(14-17)26-2)21(24)27-19(15-8-4-3-5-9-15)20(23)22-10-6-7-11-22/h3-5,8-9,12-14,19H,6-7,10-11H2,1-2H3/t19-/m1/s1. The van der Waals surface area contributed by atoms with Gasteiger partial charge in [0.15, 0.2) is 0 Å². The van der Waals surface area contributed by atoms with Crippen LogP contribution in [-0.4, -0.2) is 44.1 Å². The Morgan fingerprint density at radius 1 is 0.926 bits per heavy atom. The SMILES string of the molecule is COc1cc(OC)cc(C(=O)O[C@@H](C(=O)N2CCCC2)c2ccccc2)c1. The predicted octanol–water partition coefficient (Wildman–Crippen LogP) is 3.22. The molecule has 1 amide bonds. The molecule has 0 aliphatic carbocycles. The lowest BCUT2D eigenvalue weighted by molar-refractivity contribution is -0.140. The first kappa shape index (κ1) is 18.8. The van der Waals surface area contributed by atoms with Gasteiger partial charge in [-0.2, -0.15) is 0 Å². The lowest BCUT2D eigenvalue weighted by atomic mass is 10.1. The van der Waals surface area contributed by atoms with E-state index in [1.807, 2.05) is 18.2 Å². The van der Waals surface area contributed by atoms with Crippen molar-refractivity contribution < 1.29 is 23.8 Å². The number of benzene rings is 2. The van der Waals surface area contributed by atoms with Crippen molar-refractivity contribution in [3.63, 3.8) is 0 Å². The van der Waals surface area contributed by atoms with Crippen LogP contribution in [0.3, 0.4) is 0 Å². The molecule has 0 unspecified atom stereocenters. The van der Waals surface area contributed by atoms with Crippen LogP contribution in [0.2, 0.25) is 0 Å². The van der Waals surface area contributed by atoms with Gasteiger partial charge in [0.05, 0.1) is 19.8 Å². The number of esters is 1.